The van der Waals surface area contributed by atoms with Crippen LogP contribution in [0, 0.1) is 5.82 Å². The van der Waals surface area contributed by atoms with Gasteiger partial charge in [0.05, 0.1) is 5.56 Å². The molecule has 0 aliphatic heterocycles. The Bertz CT molecular complexity index is 544. The molecular formula is C7H5ClFNO5S. The Balaban J connectivity index is 3.60. The highest BCUT2D eigenvalue weighted by atomic mass is 35.5. The Labute approximate surface area is 94.3 Å². The Kier molecular flexibility index (Phi) is 3.48. The topological polar surface area (TPSA) is 104 Å². The number of hydrogen-bond donors (Lipinski definition) is 3. The molecule has 88 valence electrons. The molecule has 0 heterocycles. The van der Waals surface area contributed by atoms with Gasteiger partial charge in [-0.1, -0.05) is 16.5 Å². The minimum absolute atomic E-state index is 0.285. The first-order valence-electron chi connectivity index (χ1n) is 3.68. The van der Waals surface area contributed by atoms with Gasteiger partial charge in [0.2, 0.25) is 0 Å². The quantitative estimate of drug-likeness (QED) is 0.706. The standard InChI is InChI=1S/C7H5ClFNO5S/c8-3-1-4(7(11)12)6(9)5(2-3)16(14,15)10-13/h1-2,10,13H,(H,11,12). The number of carboxylic acids is 1. The fourth-order valence-corrected chi connectivity index (χ4v) is 1.97. The lowest BCUT2D eigenvalue weighted by atomic mass is 10.2. The summed E-state index contributed by atoms with van der Waals surface area (Å²) >= 11 is 5.43. The Morgan fingerprint density at radius 1 is 1.44 bits per heavy atom. The zero-order valence-corrected chi connectivity index (χ0v) is 9.01. The molecule has 0 saturated heterocycles. The van der Waals surface area contributed by atoms with Gasteiger partial charge in [0, 0.05) is 5.02 Å². The smallest absolute Gasteiger partial charge is 0.338 e. The molecule has 0 amide bonds. The van der Waals surface area contributed by atoms with Crippen molar-refractivity contribution in [3.05, 3.63) is 28.5 Å². The highest BCUT2D eigenvalue weighted by Crippen LogP contribution is 2.23. The van der Waals surface area contributed by atoms with E-state index in [9.17, 15) is 17.6 Å². The second-order valence-electron chi connectivity index (χ2n) is 2.67. The van der Waals surface area contributed by atoms with Gasteiger partial charge in [0.25, 0.3) is 10.0 Å². The summed E-state index contributed by atoms with van der Waals surface area (Å²) in [6, 6.07) is 1.44. The summed E-state index contributed by atoms with van der Waals surface area (Å²) in [4.78, 5) is 10.4. The third-order valence-electron chi connectivity index (χ3n) is 1.64. The van der Waals surface area contributed by atoms with Crippen molar-refractivity contribution in [3.63, 3.8) is 0 Å². The Morgan fingerprint density at radius 3 is 2.44 bits per heavy atom. The zero-order valence-electron chi connectivity index (χ0n) is 7.44. The molecule has 0 radical (unpaired) electrons. The first kappa shape index (κ1) is 12.8. The molecule has 0 unspecified atom stereocenters. The molecule has 9 heteroatoms. The maximum Gasteiger partial charge on any atom is 0.338 e. The van der Waals surface area contributed by atoms with Gasteiger partial charge in [0.15, 0.2) is 5.82 Å². The maximum atomic E-state index is 13.4. The molecule has 0 aromatic heterocycles. The molecule has 1 aromatic carbocycles. The van der Waals surface area contributed by atoms with E-state index in [-0.39, 0.29) is 5.02 Å². The lowest BCUT2D eigenvalue weighted by Crippen LogP contribution is -2.21. The van der Waals surface area contributed by atoms with Gasteiger partial charge in [-0.05, 0) is 12.1 Å². The first-order chi connectivity index (χ1) is 7.29. The molecule has 3 N–H and O–H groups in total. The number of carboxylic acid groups (broad SMARTS) is 1. The second-order valence-corrected chi connectivity index (χ2v) is 4.73. The molecule has 16 heavy (non-hydrogen) atoms. The first-order valence-corrected chi connectivity index (χ1v) is 5.54. The van der Waals surface area contributed by atoms with E-state index in [4.69, 9.17) is 21.9 Å². The molecule has 0 atom stereocenters. The van der Waals surface area contributed by atoms with Crippen LogP contribution in [0.15, 0.2) is 17.0 Å². The van der Waals surface area contributed by atoms with Crippen LogP contribution < -0.4 is 4.89 Å². The van der Waals surface area contributed by atoms with Crippen molar-refractivity contribution < 1.29 is 27.9 Å². The van der Waals surface area contributed by atoms with Crippen LogP contribution in [0.25, 0.3) is 0 Å². The fraction of sp³-hybridized carbons (Fsp3) is 0. The van der Waals surface area contributed by atoms with Gasteiger partial charge < -0.3 is 10.3 Å². The molecule has 0 fully saturated rings. The summed E-state index contributed by atoms with van der Waals surface area (Å²) in [5.74, 6) is -3.17. The molecule has 0 saturated carbocycles. The second kappa shape index (κ2) is 4.34. The average Bonchev–Trinajstić information content (AvgIpc) is 2.20. The monoisotopic (exact) mass is 269 g/mol. The van der Waals surface area contributed by atoms with Crippen LogP contribution >= 0.6 is 11.6 Å². The lowest BCUT2D eigenvalue weighted by molar-refractivity contribution is 0.0691. The predicted molar refractivity (Wildman–Crippen MR) is 50.5 cm³/mol. The number of nitrogens with one attached hydrogen (secondary N) is 1. The largest absolute Gasteiger partial charge is 0.478 e. The molecular weight excluding hydrogens is 265 g/mol. The summed E-state index contributed by atoms with van der Waals surface area (Å²) in [5, 5.41) is 16.6. The highest BCUT2D eigenvalue weighted by molar-refractivity contribution is 7.89. The van der Waals surface area contributed by atoms with Crippen molar-refractivity contribution in [2.24, 2.45) is 0 Å². The van der Waals surface area contributed by atoms with Gasteiger partial charge >= 0.3 is 5.97 Å². The van der Waals surface area contributed by atoms with Gasteiger partial charge in [-0.25, -0.2) is 17.6 Å². The average molecular weight is 270 g/mol. The van der Waals surface area contributed by atoms with E-state index in [0.717, 1.165) is 11.0 Å². The van der Waals surface area contributed by atoms with E-state index in [1.165, 1.54) is 0 Å². The van der Waals surface area contributed by atoms with Crippen LogP contribution in [0.1, 0.15) is 10.4 Å². The van der Waals surface area contributed by atoms with Gasteiger partial charge in [-0.2, -0.15) is 0 Å². The van der Waals surface area contributed by atoms with Crippen molar-refractivity contribution in [1.29, 1.82) is 0 Å². The van der Waals surface area contributed by atoms with Crippen LogP contribution in [0.3, 0.4) is 0 Å². The van der Waals surface area contributed by atoms with Crippen molar-refractivity contribution in [2.45, 2.75) is 4.90 Å². The van der Waals surface area contributed by atoms with Gasteiger partial charge in [-0.15, -0.1) is 0 Å². The van der Waals surface area contributed by atoms with Crippen molar-refractivity contribution in [3.8, 4) is 0 Å². The van der Waals surface area contributed by atoms with Crippen LogP contribution in [0.4, 0.5) is 4.39 Å². The summed E-state index contributed by atoms with van der Waals surface area (Å²) in [6.45, 7) is 0. The van der Waals surface area contributed by atoms with Crippen molar-refractivity contribution >= 4 is 27.6 Å². The van der Waals surface area contributed by atoms with Gasteiger partial charge in [0.1, 0.15) is 4.90 Å². The van der Waals surface area contributed by atoms with Crippen LogP contribution in [-0.2, 0) is 10.0 Å². The number of aromatic carboxylic acids is 1. The summed E-state index contributed by atoms with van der Waals surface area (Å²) in [6.07, 6.45) is 0. The third kappa shape index (κ3) is 2.30. The van der Waals surface area contributed by atoms with Crippen molar-refractivity contribution in [2.75, 3.05) is 0 Å². The number of halogens is 2. The van der Waals surface area contributed by atoms with E-state index in [1.54, 1.807) is 0 Å². The van der Waals surface area contributed by atoms with E-state index in [2.05, 4.69) is 0 Å². The Morgan fingerprint density at radius 2 is 2.00 bits per heavy atom. The van der Waals surface area contributed by atoms with E-state index in [1.807, 2.05) is 0 Å². The van der Waals surface area contributed by atoms with E-state index in [0.29, 0.717) is 6.07 Å². The van der Waals surface area contributed by atoms with Crippen molar-refractivity contribution in [1.82, 2.24) is 4.89 Å². The normalized spacial score (nSPS) is 11.4. The SMILES string of the molecule is O=C(O)c1cc(Cl)cc(S(=O)(=O)NO)c1F. The minimum atomic E-state index is -4.52. The lowest BCUT2D eigenvalue weighted by Gasteiger charge is -2.06. The molecule has 0 spiro atoms. The summed E-state index contributed by atoms with van der Waals surface area (Å²) in [5.41, 5.74) is -0.902. The minimum Gasteiger partial charge on any atom is -0.478 e. The van der Waals surface area contributed by atoms with E-state index >= 15 is 0 Å². The zero-order chi connectivity index (χ0) is 12.5. The number of benzene rings is 1. The molecule has 0 bridgehead atoms. The van der Waals surface area contributed by atoms with Gasteiger partial charge in [-0.3, -0.25) is 0 Å². The molecule has 1 aromatic rings. The number of carbonyl (C=O) groups is 1. The number of rotatable bonds is 3. The molecule has 1 rings (SSSR count). The maximum absolute atomic E-state index is 13.4. The Hall–Kier alpha value is -1.22. The molecule has 0 aliphatic rings. The van der Waals surface area contributed by atoms with Crippen LogP contribution in [0.5, 0.6) is 0 Å². The third-order valence-corrected chi connectivity index (χ3v) is 2.98. The van der Waals surface area contributed by atoms with E-state index < -0.39 is 32.3 Å². The summed E-state index contributed by atoms with van der Waals surface area (Å²) in [7, 11) is -4.52. The summed E-state index contributed by atoms with van der Waals surface area (Å²) < 4.78 is 35.6. The molecule has 0 aliphatic carbocycles. The predicted octanol–water partition coefficient (Wildman–Crippen LogP) is 0.845. The van der Waals surface area contributed by atoms with Crippen LogP contribution in [0.2, 0.25) is 5.02 Å². The fourth-order valence-electron chi connectivity index (χ4n) is 0.965. The number of sulfonamides is 1. The highest BCUT2D eigenvalue weighted by Gasteiger charge is 2.24. The van der Waals surface area contributed by atoms with Crippen LogP contribution in [-0.4, -0.2) is 24.7 Å². The number of hydrogen-bond acceptors (Lipinski definition) is 4. The molecule has 6 nitrogen and oxygen atoms in total.